The van der Waals surface area contributed by atoms with Crippen LogP contribution in [-0.2, 0) is 6.54 Å². The summed E-state index contributed by atoms with van der Waals surface area (Å²) in [6.07, 6.45) is 0.782. The standard InChI is InChI=1S/C14H20ClFN2O/c1-17-5-6-18(10-13(17)4-7-19)9-11-2-3-12(16)8-14(11)15/h2-3,8,13,19H,4-7,9-10H2,1H3/t13-/m0/s1. The summed E-state index contributed by atoms with van der Waals surface area (Å²) in [6.45, 7) is 3.79. The van der Waals surface area contributed by atoms with Crippen molar-refractivity contribution in [3.8, 4) is 0 Å². The summed E-state index contributed by atoms with van der Waals surface area (Å²) in [6, 6.07) is 4.93. The molecule has 0 radical (unpaired) electrons. The zero-order valence-electron chi connectivity index (χ0n) is 11.1. The smallest absolute Gasteiger partial charge is 0.124 e. The van der Waals surface area contributed by atoms with Crippen molar-refractivity contribution in [3.63, 3.8) is 0 Å². The highest BCUT2D eigenvalue weighted by molar-refractivity contribution is 6.31. The second-order valence-corrected chi connectivity index (χ2v) is 5.52. The lowest BCUT2D eigenvalue weighted by molar-refractivity contribution is 0.0743. The topological polar surface area (TPSA) is 26.7 Å². The Bertz CT molecular complexity index is 430. The molecule has 1 N–H and O–H groups in total. The predicted octanol–water partition coefficient (Wildman–Crippen LogP) is 1.98. The van der Waals surface area contributed by atoms with Crippen molar-refractivity contribution >= 4 is 11.6 Å². The molecule has 1 fully saturated rings. The fourth-order valence-electron chi connectivity index (χ4n) is 2.51. The van der Waals surface area contributed by atoms with E-state index in [1.54, 1.807) is 6.07 Å². The van der Waals surface area contributed by atoms with Crippen LogP contribution in [0.5, 0.6) is 0 Å². The molecule has 106 valence electrons. The monoisotopic (exact) mass is 286 g/mol. The van der Waals surface area contributed by atoms with Gasteiger partial charge < -0.3 is 10.0 Å². The maximum absolute atomic E-state index is 13.0. The lowest BCUT2D eigenvalue weighted by atomic mass is 10.1. The van der Waals surface area contributed by atoms with Gasteiger partial charge in [0.2, 0.25) is 0 Å². The van der Waals surface area contributed by atoms with Gasteiger partial charge in [-0.15, -0.1) is 0 Å². The van der Waals surface area contributed by atoms with Crippen molar-refractivity contribution in [1.29, 1.82) is 0 Å². The lowest BCUT2D eigenvalue weighted by Gasteiger charge is -2.39. The molecule has 1 atom stereocenters. The molecule has 1 saturated heterocycles. The number of nitrogens with zero attached hydrogens (tertiary/aromatic N) is 2. The molecule has 0 spiro atoms. The molecule has 2 rings (SSSR count). The van der Waals surface area contributed by atoms with Gasteiger partial charge in [-0.25, -0.2) is 4.39 Å². The molecule has 3 nitrogen and oxygen atoms in total. The van der Waals surface area contributed by atoms with Gasteiger partial charge in [-0.1, -0.05) is 17.7 Å². The first-order valence-corrected chi connectivity index (χ1v) is 6.95. The van der Waals surface area contributed by atoms with Crippen molar-refractivity contribution in [2.24, 2.45) is 0 Å². The summed E-state index contributed by atoms with van der Waals surface area (Å²) in [5.74, 6) is -0.301. The zero-order chi connectivity index (χ0) is 13.8. The molecule has 1 heterocycles. The van der Waals surface area contributed by atoms with E-state index in [0.29, 0.717) is 11.1 Å². The van der Waals surface area contributed by atoms with Crippen LogP contribution in [0, 0.1) is 5.82 Å². The van der Waals surface area contributed by atoms with Gasteiger partial charge in [0, 0.05) is 43.9 Å². The Morgan fingerprint density at radius 3 is 2.89 bits per heavy atom. The SMILES string of the molecule is CN1CCN(Cc2ccc(F)cc2Cl)C[C@@H]1CCO. The molecule has 19 heavy (non-hydrogen) atoms. The van der Waals surface area contributed by atoms with E-state index in [9.17, 15) is 4.39 Å². The quantitative estimate of drug-likeness (QED) is 0.917. The minimum atomic E-state index is -0.301. The summed E-state index contributed by atoms with van der Waals surface area (Å²) in [7, 11) is 2.09. The van der Waals surface area contributed by atoms with E-state index < -0.39 is 0 Å². The number of aliphatic hydroxyl groups is 1. The van der Waals surface area contributed by atoms with Crippen LogP contribution in [0.1, 0.15) is 12.0 Å². The van der Waals surface area contributed by atoms with Gasteiger partial charge >= 0.3 is 0 Å². The van der Waals surface area contributed by atoms with E-state index in [1.165, 1.54) is 12.1 Å². The number of likely N-dealkylation sites (N-methyl/N-ethyl adjacent to an activating group) is 1. The van der Waals surface area contributed by atoms with Gasteiger partial charge in [0.05, 0.1) is 0 Å². The van der Waals surface area contributed by atoms with Gasteiger partial charge in [0.1, 0.15) is 5.82 Å². The predicted molar refractivity (Wildman–Crippen MR) is 74.8 cm³/mol. The first kappa shape index (κ1) is 14.7. The molecule has 0 aliphatic carbocycles. The molecule has 1 aromatic carbocycles. The van der Waals surface area contributed by atoms with E-state index in [-0.39, 0.29) is 12.4 Å². The van der Waals surface area contributed by atoms with Gasteiger partial charge in [0.15, 0.2) is 0 Å². The van der Waals surface area contributed by atoms with Gasteiger partial charge in [-0.3, -0.25) is 4.90 Å². The first-order valence-electron chi connectivity index (χ1n) is 6.57. The Hall–Kier alpha value is -0.680. The third-order valence-corrected chi connectivity index (χ3v) is 4.08. The van der Waals surface area contributed by atoms with Crippen LogP contribution in [0.15, 0.2) is 18.2 Å². The number of rotatable bonds is 4. The molecule has 0 unspecified atom stereocenters. The normalized spacial score (nSPS) is 21.8. The Balaban J connectivity index is 1.99. The summed E-state index contributed by atoms with van der Waals surface area (Å²) in [4.78, 5) is 4.58. The van der Waals surface area contributed by atoms with E-state index in [4.69, 9.17) is 16.7 Å². The molecular formula is C14H20ClFN2O. The van der Waals surface area contributed by atoms with Crippen LogP contribution in [-0.4, -0.2) is 54.2 Å². The van der Waals surface area contributed by atoms with Crippen molar-refractivity contribution in [2.75, 3.05) is 33.3 Å². The average molecular weight is 287 g/mol. The van der Waals surface area contributed by atoms with Crippen LogP contribution in [0.25, 0.3) is 0 Å². The Morgan fingerprint density at radius 1 is 1.42 bits per heavy atom. The van der Waals surface area contributed by atoms with Gasteiger partial charge in [-0.05, 0) is 31.2 Å². The van der Waals surface area contributed by atoms with Crippen molar-refractivity contribution in [3.05, 3.63) is 34.6 Å². The molecular weight excluding hydrogens is 267 g/mol. The maximum atomic E-state index is 13.0. The molecule has 1 aliphatic heterocycles. The Labute approximate surface area is 118 Å². The fourth-order valence-corrected chi connectivity index (χ4v) is 2.73. The second kappa shape index (κ2) is 6.66. The number of aliphatic hydroxyl groups excluding tert-OH is 1. The summed E-state index contributed by atoms with van der Waals surface area (Å²) in [5.41, 5.74) is 0.954. The van der Waals surface area contributed by atoms with Crippen LogP contribution < -0.4 is 0 Å². The van der Waals surface area contributed by atoms with Crippen molar-refractivity contribution < 1.29 is 9.50 Å². The largest absolute Gasteiger partial charge is 0.396 e. The number of benzene rings is 1. The second-order valence-electron chi connectivity index (χ2n) is 5.12. The minimum Gasteiger partial charge on any atom is -0.396 e. The minimum absolute atomic E-state index is 0.208. The van der Waals surface area contributed by atoms with Crippen LogP contribution >= 0.6 is 11.6 Å². The van der Waals surface area contributed by atoms with Gasteiger partial charge in [0.25, 0.3) is 0 Å². The Morgan fingerprint density at radius 2 is 2.21 bits per heavy atom. The van der Waals surface area contributed by atoms with Crippen LogP contribution in [0.3, 0.4) is 0 Å². The number of hydrogen-bond donors (Lipinski definition) is 1. The van der Waals surface area contributed by atoms with E-state index in [2.05, 4.69) is 16.8 Å². The average Bonchev–Trinajstić information content (AvgIpc) is 2.37. The highest BCUT2D eigenvalue weighted by Gasteiger charge is 2.24. The molecule has 5 heteroatoms. The molecule has 0 aromatic heterocycles. The highest BCUT2D eigenvalue weighted by Crippen LogP contribution is 2.21. The third-order valence-electron chi connectivity index (χ3n) is 3.73. The number of piperazine rings is 1. The zero-order valence-corrected chi connectivity index (χ0v) is 11.9. The molecule has 1 aromatic rings. The number of halogens is 2. The molecule has 0 bridgehead atoms. The molecule has 1 aliphatic rings. The maximum Gasteiger partial charge on any atom is 0.124 e. The Kier molecular flexibility index (Phi) is 5.16. The lowest BCUT2D eigenvalue weighted by Crippen LogP contribution is -2.51. The van der Waals surface area contributed by atoms with Crippen LogP contribution in [0.4, 0.5) is 4.39 Å². The molecule has 0 saturated carbocycles. The van der Waals surface area contributed by atoms with E-state index >= 15 is 0 Å². The molecule has 0 amide bonds. The van der Waals surface area contributed by atoms with Crippen LogP contribution in [0.2, 0.25) is 5.02 Å². The van der Waals surface area contributed by atoms with E-state index in [0.717, 1.165) is 38.2 Å². The van der Waals surface area contributed by atoms with Crippen molar-refractivity contribution in [1.82, 2.24) is 9.80 Å². The summed E-state index contributed by atoms with van der Waals surface area (Å²) < 4.78 is 13.0. The number of hydrogen-bond acceptors (Lipinski definition) is 3. The van der Waals surface area contributed by atoms with E-state index in [1.807, 2.05) is 0 Å². The van der Waals surface area contributed by atoms with Crippen molar-refractivity contribution in [2.45, 2.75) is 19.0 Å². The summed E-state index contributed by atoms with van der Waals surface area (Å²) in [5, 5.41) is 9.56. The first-order chi connectivity index (χ1) is 9.10. The highest BCUT2D eigenvalue weighted by atomic mass is 35.5. The fraction of sp³-hybridized carbons (Fsp3) is 0.571. The third kappa shape index (κ3) is 3.89. The summed E-state index contributed by atoms with van der Waals surface area (Å²) >= 11 is 6.06. The van der Waals surface area contributed by atoms with Gasteiger partial charge in [-0.2, -0.15) is 0 Å².